The Kier molecular flexibility index (Phi) is 13.5. The molecule has 0 aromatic rings. The van der Waals surface area contributed by atoms with Crippen molar-refractivity contribution in [2.75, 3.05) is 7.11 Å². The van der Waals surface area contributed by atoms with Crippen molar-refractivity contribution in [3.8, 4) is 0 Å². The third-order valence-corrected chi connectivity index (χ3v) is 2.12. The van der Waals surface area contributed by atoms with Gasteiger partial charge in [0.2, 0.25) is 0 Å². The van der Waals surface area contributed by atoms with Crippen LogP contribution in [0, 0.1) is 0 Å². The van der Waals surface area contributed by atoms with E-state index in [1.807, 2.05) is 6.08 Å². The standard InChI is InChI=1S/C7H11O2.HI.Zn/c1-3-4-5-6-7(8)9-2;;/h5-6H,1,3-4H2,2H3;1H;. The zero-order chi connectivity index (χ0) is 7.82. The van der Waals surface area contributed by atoms with Gasteiger partial charge in [0.05, 0.1) is 0 Å². The van der Waals surface area contributed by atoms with Gasteiger partial charge < -0.3 is 0 Å². The number of halogens is 1. The molecule has 0 aliphatic rings. The quantitative estimate of drug-likeness (QED) is 0.261. The average Bonchev–Trinajstić information content (AvgIpc) is 1.98. The molecule has 0 aliphatic carbocycles. The van der Waals surface area contributed by atoms with Crippen LogP contribution in [0.1, 0.15) is 12.8 Å². The van der Waals surface area contributed by atoms with Crippen LogP contribution in [-0.4, -0.2) is 13.1 Å². The molecule has 0 aromatic heterocycles. The molecule has 0 saturated heterocycles. The van der Waals surface area contributed by atoms with Gasteiger partial charge in [-0.2, -0.15) is 0 Å². The monoisotopic (exact) mass is 319 g/mol. The van der Waals surface area contributed by atoms with E-state index < -0.39 is 0 Å². The zero-order valence-corrected chi connectivity index (χ0v) is 12.0. The fourth-order valence-electron chi connectivity index (χ4n) is 0.510. The van der Waals surface area contributed by atoms with Crippen molar-refractivity contribution in [1.82, 2.24) is 0 Å². The first-order valence-corrected chi connectivity index (χ1v) is 5.44. The first-order chi connectivity index (χ1) is 4.81. The maximum absolute atomic E-state index is 10.5. The predicted molar refractivity (Wildman–Crippen MR) is 50.6 cm³/mol. The van der Waals surface area contributed by atoms with Gasteiger partial charge in [-0.3, -0.25) is 0 Å². The van der Waals surface area contributed by atoms with Crippen molar-refractivity contribution in [2.24, 2.45) is 0 Å². The van der Waals surface area contributed by atoms with Crippen LogP contribution >= 0.6 is 24.0 Å². The van der Waals surface area contributed by atoms with Crippen molar-refractivity contribution in [3.05, 3.63) is 12.2 Å². The summed E-state index contributed by atoms with van der Waals surface area (Å²) in [4.78, 5) is 10.5. The van der Waals surface area contributed by atoms with Crippen LogP contribution in [-0.2, 0) is 27.8 Å². The molecule has 0 rings (SSSR count). The molecule has 4 heteroatoms. The minimum atomic E-state index is -0.257. The van der Waals surface area contributed by atoms with Crippen LogP contribution < -0.4 is 0 Å². The van der Waals surface area contributed by atoms with Crippen molar-refractivity contribution in [3.63, 3.8) is 0 Å². The number of hydrogen-bond donors (Lipinski definition) is 0. The second-order valence-corrected chi connectivity index (χ2v) is 3.40. The molecule has 0 bridgehead atoms. The van der Waals surface area contributed by atoms with Crippen molar-refractivity contribution >= 4 is 29.9 Å². The van der Waals surface area contributed by atoms with Crippen LogP contribution in [0.25, 0.3) is 0 Å². The Bertz CT molecular complexity index is 126. The number of allylic oxidation sites excluding steroid dienone is 1. The van der Waals surface area contributed by atoms with E-state index in [1.54, 1.807) is 0 Å². The molecule has 0 unspecified atom stereocenters. The molecule has 2 nitrogen and oxygen atoms in total. The molecule has 0 aromatic carbocycles. The van der Waals surface area contributed by atoms with E-state index in [9.17, 15) is 4.79 Å². The van der Waals surface area contributed by atoms with E-state index in [4.69, 9.17) is 0 Å². The summed E-state index contributed by atoms with van der Waals surface area (Å²) in [5.74, 6) is -0.257. The molecule has 61 valence electrons. The largest absolute Gasteiger partial charge is 0.107 e. The molecule has 0 atom stereocenters. The normalized spacial score (nSPS) is 9.36. The van der Waals surface area contributed by atoms with Gasteiger partial charge in [-0.05, 0) is 0 Å². The number of carbonyl (C=O) groups excluding carboxylic acids is 1. The Morgan fingerprint density at radius 3 is 2.73 bits per heavy atom. The van der Waals surface area contributed by atoms with E-state index in [0.29, 0.717) is 0 Å². The van der Waals surface area contributed by atoms with Crippen LogP contribution in [0.3, 0.4) is 0 Å². The fraction of sp³-hybridized carbons (Fsp3) is 0.571. The number of carbonyl (C=O) groups is 1. The number of methoxy groups -OCH3 is 1. The predicted octanol–water partition coefficient (Wildman–Crippen LogP) is 2.08. The molecule has 0 N–H and O–H groups in total. The number of esters is 1. The molecule has 0 radical (unpaired) electrons. The van der Waals surface area contributed by atoms with E-state index in [-0.39, 0.29) is 29.9 Å². The van der Waals surface area contributed by atoms with E-state index in [0.717, 1.165) is 6.42 Å². The first kappa shape index (κ1) is 14.1. The Hall–Kier alpha value is 0.563. The van der Waals surface area contributed by atoms with Gasteiger partial charge in [0.25, 0.3) is 0 Å². The summed E-state index contributed by atoms with van der Waals surface area (Å²) in [6, 6.07) is 0. The number of hydrogen-bond acceptors (Lipinski definition) is 2. The summed E-state index contributed by atoms with van der Waals surface area (Å²) in [5.41, 5.74) is 0. The second-order valence-electron chi connectivity index (χ2n) is 1.92. The van der Waals surface area contributed by atoms with Gasteiger partial charge >= 0.3 is 70.9 Å². The molecule has 0 saturated carbocycles. The van der Waals surface area contributed by atoms with Gasteiger partial charge in [-0.1, -0.05) is 0 Å². The minimum Gasteiger partial charge on any atom is -0.107 e. The summed E-state index contributed by atoms with van der Waals surface area (Å²) in [6.07, 6.45) is 5.53. The van der Waals surface area contributed by atoms with Gasteiger partial charge in [0, 0.05) is 0 Å². The zero-order valence-electron chi connectivity index (χ0n) is 6.71. The van der Waals surface area contributed by atoms with E-state index in [2.05, 4.69) is 4.74 Å². The van der Waals surface area contributed by atoms with Gasteiger partial charge in [0.1, 0.15) is 0 Å². The molecular formula is C7H12IO2Zn. The third-order valence-electron chi connectivity index (χ3n) is 1.08. The summed E-state index contributed by atoms with van der Waals surface area (Å²) in [5, 5.41) is 1.28. The number of ether oxygens (including phenoxy) is 1. The minimum absolute atomic E-state index is 0. The Balaban J connectivity index is 0. The van der Waals surface area contributed by atoms with Gasteiger partial charge in [-0.15, -0.1) is 24.0 Å². The SMILES string of the molecule is COC(=O)C=CCC[CH2][Zn].I. The summed E-state index contributed by atoms with van der Waals surface area (Å²) in [6.45, 7) is 0. The molecule has 11 heavy (non-hydrogen) atoms. The molecule has 0 spiro atoms. The van der Waals surface area contributed by atoms with Gasteiger partial charge in [0.15, 0.2) is 0 Å². The van der Waals surface area contributed by atoms with Crippen molar-refractivity contribution in [2.45, 2.75) is 17.9 Å². The maximum atomic E-state index is 10.5. The first-order valence-electron chi connectivity index (χ1n) is 3.35. The van der Waals surface area contributed by atoms with Crippen LogP contribution in [0.2, 0.25) is 5.02 Å². The Morgan fingerprint density at radius 2 is 2.27 bits per heavy atom. The van der Waals surface area contributed by atoms with E-state index in [1.165, 1.54) is 42.9 Å². The maximum Gasteiger partial charge on any atom is -0.107 e. The van der Waals surface area contributed by atoms with Crippen molar-refractivity contribution in [1.29, 1.82) is 0 Å². The second kappa shape index (κ2) is 10.6. The van der Waals surface area contributed by atoms with Gasteiger partial charge in [-0.25, -0.2) is 0 Å². The third kappa shape index (κ3) is 10.6. The molecular weight excluding hydrogens is 308 g/mol. The summed E-state index contributed by atoms with van der Waals surface area (Å²) in [7, 11) is 1.39. The van der Waals surface area contributed by atoms with Crippen molar-refractivity contribution < 1.29 is 27.8 Å². The summed E-state index contributed by atoms with van der Waals surface area (Å²) < 4.78 is 4.41. The molecule has 0 fully saturated rings. The van der Waals surface area contributed by atoms with Crippen LogP contribution in [0.15, 0.2) is 12.2 Å². The van der Waals surface area contributed by atoms with Crippen LogP contribution in [0.4, 0.5) is 0 Å². The van der Waals surface area contributed by atoms with Crippen LogP contribution in [0.5, 0.6) is 0 Å². The fourth-order valence-corrected chi connectivity index (χ4v) is 1.12. The molecule has 0 amide bonds. The Labute approximate surface area is 94.5 Å². The Morgan fingerprint density at radius 1 is 1.64 bits per heavy atom. The number of unbranched alkanes of at least 4 members (excludes halogenated alkanes) is 1. The van der Waals surface area contributed by atoms with E-state index >= 15 is 0 Å². The topological polar surface area (TPSA) is 26.3 Å². The smallest absolute Gasteiger partial charge is 0.107 e. The summed E-state index contributed by atoms with van der Waals surface area (Å²) >= 11 is 1.34. The number of rotatable bonds is 4. The molecule has 0 heterocycles. The molecule has 0 aliphatic heterocycles. The average molecular weight is 320 g/mol.